The first kappa shape index (κ1) is 16.0. The van der Waals surface area contributed by atoms with Crippen LogP contribution in [0, 0.1) is 18.3 Å². The number of anilines is 1. The van der Waals surface area contributed by atoms with Crippen molar-refractivity contribution in [3.8, 4) is 6.07 Å². The molecule has 120 valence electrons. The third-order valence-corrected chi connectivity index (χ3v) is 7.10. The first-order valence-electron chi connectivity index (χ1n) is 7.12. The fourth-order valence-electron chi connectivity index (χ4n) is 2.89. The van der Waals surface area contributed by atoms with Crippen molar-refractivity contribution in [2.24, 2.45) is 4.99 Å². The first-order valence-corrected chi connectivity index (χ1v) is 9.82. The fraction of sp³-hybridized carbons (Fsp3) is 0.400. The summed E-state index contributed by atoms with van der Waals surface area (Å²) in [6.07, 6.45) is -0.278. The highest BCUT2D eigenvalue weighted by Gasteiger charge is 2.49. The lowest BCUT2D eigenvalue weighted by Gasteiger charge is -2.26. The number of carbonyl (C=O) groups is 1. The van der Waals surface area contributed by atoms with Gasteiger partial charge in [-0.3, -0.25) is 4.79 Å². The molecule has 2 aliphatic rings. The van der Waals surface area contributed by atoms with E-state index in [0.717, 1.165) is 11.3 Å². The number of hydrogen-bond acceptors (Lipinski definition) is 5. The zero-order chi connectivity index (χ0) is 16.6. The number of hydrogen-bond donors (Lipinski definition) is 0. The standard InChI is InChI=1S/C15H15N3O3S2/c1-10-4-2-3-5-11(10)18-12-8-23(20,21)9-13(12)22-15(18)17-14(19)6-7-16/h2-5,12-13H,6,8-9H2,1H3/t12-,13+/m0/s1. The summed E-state index contributed by atoms with van der Waals surface area (Å²) in [6, 6.07) is 9.18. The minimum Gasteiger partial charge on any atom is -0.315 e. The summed E-state index contributed by atoms with van der Waals surface area (Å²) >= 11 is 1.32. The summed E-state index contributed by atoms with van der Waals surface area (Å²) < 4.78 is 23.9. The summed E-state index contributed by atoms with van der Waals surface area (Å²) in [5, 5.41) is 8.99. The number of nitrogens with zero attached hydrogens (tertiary/aromatic N) is 3. The summed E-state index contributed by atoms with van der Waals surface area (Å²) in [7, 11) is -3.08. The number of aliphatic imine (C=N–C) groups is 1. The SMILES string of the molecule is Cc1ccccc1N1C(=NC(=O)CC#N)S[C@@H]2CS(=O)(=O)C[C@@H]21. The van der Waals surface area contributed by atoms with Crippen molar-refractivity contribution in [1.29, 1.82) is 5.26 Å². The maximum Gasteiger partial charge on any atom is 0.262 e. The molecular weight excluding hydrogens is 334 g/mol. The number of carbonyl (C=O) groups excluding carboxylic acids is 1. The first-order chi connectivity index (χ1) is 10.9. The van der Waals surface area contributed by atoms with Crippen LogP contribution < -0.4 is 4.90 Å². The van der Waals surface area contributed by atoms with Gasteiger partial charge in [0.2, 0.25) is 0 Å². The number of benzene rings is 1. The van der Waals surface area contributed by atoms with Crippen molar-refractivity contribution in [1.82, 2.24) is 0 Å². The maximum absolute atomic E-state index is 11.9. The fourth-order valence-corrected chi connectivity index (χ4v) is 6.82. The molecule has 2 aliphatic heterocycles. The topological polar surface area (TPSA) is 90.6 Å². The van der Waals surface area contributed by atoms with E-state index in [2.05, 4.69) is 4.99 Å². The van der Waals surface area contributed by atoms with Crippen LogP contribution >= 0.6 is 11.8 Å². The van der Waals surface area contributed by atoms with Gasteiger partial charge in [0, 0.05) is 10.9 Å². The normalized spacial score (nSPS) is 27.0. The van der Waals surface area contributed by atoms with E-state index < -0.39 is 15.7 Å². The Morgan fingerprint density at radius 3 is 2.87 bits per heavy atom. The van der Waals surface area contributed by atoms with Gasteiger partial charge in [-0.25, -0.2) is 8.42 Å². The number of amides is 1. The average Bonchev–Trinajstić information content (AvgIpc) is 2.91. The van der Waals surface area contributed by atoms with Crippen LogP contribution in [0.4, 0.5) is 5.69 Å². The molecule has 3 rings (SSSR count). The van der Waals surface area contributed by atoms with Crippen LogP contribution in [0.1, 0.15) is 12.0 Å². The lowest BCUT2D eigenvalue weighted by Crippen LogP contribution is -2.38. The number of fused-ring (bicyclic) bond motifs is 1. The lowest BCUT2D eigenvalue weighted by molar-refractivity contribution is -0.116. The summed E-state index contributed by atoms with van der Waals surface area (Å²) in [5.74, 6) is -0.350. The second-order valence-corrected chi connectivity index (χ2v) is 8.94. The van der Waals surface area contributed by atoms with E-state index in [1.807, 2.05) is 36.1 Å². The smallest absolute Gasteiger partial charge is 0.262 e. The number of aryl methyl sites for hydroxylation is 1. The van der Waals surface area contributed by atoms with Gasteiger partial charge in [0.15, 0.2) is 15.0 Å². The Kier molecular flexibility index (Phi) is 4.17. The minimum absolute atomic E-state index is 0.0600. The Bertz CT molecular complexity index is 827. The van der Waals surface area contributed by atoms with Gasteiger partial charge in [0.05, 0.1) is 23.6 Å². The van der Waals surface area contributed by atoms with Gasteiger partial charge in [-0.15, -0.1) is 0 Å². The Balaban J connectivity index is 2.03. The number of sulfone groups is 1. The van der Waals surface area contributed by atoms with Gasteiger partial charge in [0.25, 0.3) is 5.91 Å². The quantitative estimate of drug-likeness (QED) is 0.804. The third-order valence-electron chi connectivity index (χ3n) is 3.89. The van der Waals surface area contributed by atoms with Gasteiger partial charge in [0.1, 0.15) is 6.42 Å². The molecule has 0 spiro atoms. The molecule has 2 heterocycles. The van der Waals surface area contributed by atoms with E-state index in [0.29, 0.717) is 5.17 Å². The zero-order valence-corrected chi connectivity index (χ0v) is 14.1. The summed E-state index contributed by atoms with van der Waals surface area (Å²) in [6.45, 7) is 1.94. The maximum atomic E-state index is 11.9. The molecule has 0 aliphatic carbocycles. The van der Waals surface area contributed by atoms with Crippen molar-refractivity contribution in [3.63, 3.8) is 0 Å². The second kappa shape index (κ2) is 5.98. The van der Waals surface area contributed by atoms with Crippen LogP contribution in [-0.2, 0) is 14.6 Å². The molecule has 2 saturated heterocycles. The molecule has 8 heteroatoms. The predicted octanol–water partition coefficient (Wildman–Crippen LogP) is 1.51. The molecule has 2 atom stereocenters. The van der Waals surface area contributed by atoms with E-state index in [-0.39, 0.29) is 29.2 Å². The summed E-state index contributed by atoms with van der Waals surface area (Å²) in [5.41, 5.74) is 1.84. The third kappa shape index (κ3) is 3.12. The van der Waals surface area contributed by atoms with Gasteiger partial charge in [-0.05, 0) is 18.6 Å². The Labute approximate surface area is 139 Å². The van der Waals surface area contributed by atoms with Crippen LogP contribution in [0.2, 0.25) is 0 Å². The molecule has 0 radical (unpaired) electrons. The van der Waals surface area contributed by atoms with Crippen molar-refractivity contribution < 1.29 is 13.2 Å². The second-order valence-electron chi connectivity index (χ2n) is 5.58. The molecule has 6 nitrogen and oxygen atoms in total. The van der Waals surface area contributed by atoms with E-state index in [9.17, 15) is 13.2 Å². The highest BCUT2D eigenvalue weighted by molar-refractivity contribution is 8.16. The van der Waals surface area contributed by atoms with E-state index in [1.54, 1.807) is 6.07 Å². The van der Waals surface area contributed by atoms with E-state index in [4.69, 9.17) is 5.26 Å². The molecule has 0 N–H and O–H groups in total. The monoisotopic (exact) mass is 349 g/mol. The molecule has 1 amide bonds. The molecule has 0 unspecified atom stereocenters. The number of thioether (sulfide) groups is 1. The molecule has 0 aromatic heterocycles. The van der Waals surface area contributed by atoms with Crippen molar-refractivity contribution >= 4 is 38.4 Å². The van der Waals surface area contributed by atoms with Gasteiger partial charge < -0.3 is 4.90 Å². The molecule has 0 bridgehead atoms. The molecular formula is C15H15N3O3S2. The Hall–Kier alpha value is -1.85. The van der Waals surface area contributed by atoms with Crippen LogP contribution in [0.25, 0.3) is 0 Å². The molecule has 2 fully saturated rings. The van der Waals surface area contributed by atoms with Crippen LogP contribution in [0.3, 0.4) is 0 Å². The average molecular weight is 349 g/mol. The minimum atomic E-state index is -3.08. The van der Waals surface area contributed by atoms with E-state index in [1.165, 1.54) is 11.8 Å². The van der Waals surface area contributed by atoms with Crippen LogP contribution in [0.5, 0.6) is 0 Å². The Morgan fingerprint density at radius 2 is 2.17 bits per heavy atom. The van der Waals surface area contributed by atoms with Crippen LogP contribution in [-0.4, -0.2) is 42.3 Å². The van der Waals surface area contributed by atoms with Crippen LogP contribution in [0.15, 0.2) is 29.3 Å². The van der Waals surface area contributed by atoms with E-state index >= 15 is 0 Å². The molecule has 23 heavy (non-hydrogen) atoms. The highest BCUT2D eigenvalue weighted by atomic mass is 32.2. The van der Waals surface area contributed by atoms with Crippen molar-refractivity contribution in [3.05, 3.63) is 29.8 Å². The molecule has 1 aromatic rings. The van der Waals surface area contributed by atoms with Gasteiger partial charge in [-0.1, -0.05) is 30.0 Å². The predicted molar refractivity (Wildman–Crippen MR) is 90.2 cm³/mol. The number of nitriles is 1. The summed E-state index contributed by atoms with van der Waals surface area (Å²) in [4.78, 5) is 17.6. The Morgan fingerprint density at radius 1 is 1.43 bits per heavy atom. The van der Waals surface area contributed by atoms with Gasteiger partial charge in [-0.2, -0.15) is 10.3 Å². The van der Waals surface area contributed by atoms with Crippen molar-refractivity contribution in [2.75, 3.05) is 16.4 Å². The zero-order valence-electron chi connectivity index (χ0n) is 12.5. The lowest BCUT2D eigenvalue weighted by atomic mass is 10.1. The van der Waals surface area contributed by atoms with Crippen molar-refractivity contribution in [2.45, 2.75) is 24.6 Å². The number of amidine groups is 1. The molecule has 0 saturated carbocycles. The highest BCUT2D eigenvalue weighted by Crippen LogP contribution is 2.41. The largest absolute Gasteiger partial charge is 0.315 e. The molecule has 1 aromatic carbocycles. The van der Waals surface area contributed by atoms with Gasteiger partial charge >= 0.3 is 0 Å². The number of para-hydroxylation sites is 1. The number of rotatable bonds is 2.